The standard InChI is InChI=1S/C18H13F3N2O3/c1-25-15-10-11(2-8-14(15)24)3-9-16-22-23-17(26-16)12-4-6-13(7-5-12)18(19,20)21/h2-10,24H,1H3/b9-3+. The van der Waals surface area contributed by atoms with Crippen LogP contribution in [0.5, 0.6) is 11.5 Å². The molecule has 0 aliphatic carbocycles. The minimum atomic E-state index is -4.40. The third-order valence-electron chi connectivity index (χ3n) is 3.52. The Morgan fingerprint density at radius 1 is 1.04 bits per heavy atom. The van der Waals surface area contributed by atoms with Crippen LogP contribution in [-0.4, -0.2) is 22.4 Å². The molecule has 1 aromatic heterocycles. The fourth-order valence-corrected chi connectivity index (χ4v) is 2.19. The van der Waals surface area contributed by atoms with Crippen LogP contribution >= 0.6 is 0 Å². The molecule has 0 unspecified atom stereocenters. The lowest BCUT2D eigenvalue weighted by atomic mass is 10.1. The summed E-state index contributed by atoms with van der Waals surface area (Å²) in [6.45, 7) is 0. The van der Waals surface area contributed by atoms with Gasteiger partial charge in [0.2, 0.25) is 11.8 Å². The summed E-state index contributed by atoms with van der Waals surface area (Å²) in [7, 11) is 1.44. The van der Waals surface area contributed by atoms with Crippen LogP contribution in [0.25, 0.3) is 23.6 Å². The molecule has 0 atom stereocenters. The Hall–Kier alpha value is -3.29. The van der Waals surface area contributed by atoms with Crippen molar-refractivity contribution in [1.82, 2.24) is 10.2 Å². The lowest BCUT2D eigenvalue weighted by Gasteiger charge is -2.05. The number of aromatic hydroxyl groups is 1. The van der Waals surface area contributed by atoms with Crippen molar-refractivity contribution < 1.29 is 27.4 Å². The van der Waals surface area contributed by atoms with Gasteiger partial charge in [0.05, 0.1) is 12.7 Å². The minimum Gasteiger partial charge on any atom is -0.504 e. The second-order valence-corrected chi connectivity index (χ2v) is 5.29. The van der Waals surface area contributed by atoms with E-state index in [2.05, 4.69) is 10.2 Å². The normalized spacial score (nSPS) is 11.8. The molecule has 0 bridgehead atoms. The van der Waals surface area contributed by atoms with Crippen molar-refractivity contribution in [3.8, 4) is 23.0 Å². The van der Waals surface area contributed by atoms with E-state index in [1.807, 2.05) is 0 Å². The molecule has 1 N–H and O–H groups in total. The number of phenols is 1. The van der Waals surface area contributed by atoms with E-state index in [0.717, 1.165) is 17.7 Å². The highest BCUT2D eigenvalue weighted by Crippen LogP contribution is 2.31. The summed E-state index contributed by atoms with van der Waals surface area (Å²) in [6, 6.07) is 9.24. The van der Waals surface area contributed by atoms with Crippen LogP contribution in [0.15, 0.2) is 46.9 Å². The van der Waals surface area contributed by atoms with E-state index in [1.54, 1.807) is 24.3 Å². The molecule has 2 aromatic carbocycles. The van der Waals surface area contributed by atoms with E-state index >= 15 is 0 Å². The number of halogens is 3. The number of aromatic nitrogens is 2. The van der Waals surface area contributed by atoms with Crippen LogP contribution in [0, 0.1) is 0 Å². The van der Waals surface area contributed by atoms with Gasteiger partial charge < -0.3 is 14.3 Å². The van der Waals surface area contributed by atoms with Gasteiger partial charge in [-0.25, -0.2) is 0 Å². The number of hydrogen-bond acceptors (Lipinski definition) is 5. The fraction of sp³-hybridized carbons (Fsp3) is 0.111. The molecule has 3 aromatic rings. The third kappa shape index (κ3) is 3.85. The second-order valence-electron chi connectivity index (χ2n) is 5.29. The lowest BCUT2D eigenvalue weighted by Crippen LogP contribution is -2.03. The second kappa shape index (κ2) is 6.91. The Morgan fingerprint density at radius 3 is 2.42 bits per heavy atom. The van der Waals surface area contributed by atoms with Gasteiger partial charge in [-0.1, -0.05) is 6.07 Å². The van der Waals surface area contributed by atoms with Gasteiger partial charge in [-0.05, 0) is 48.0 Å². The van der Waals surface area contributed by atoms with Crippen LogP contribution in [0.1, 0.15) is 17.0 Å². The molecule has 0 radical (unpaired) electrons. The van der Waals surface area contributed by atoms with E-state index in [0.29, 0.717) is 11.3 Å². The van der Waals surface area contributed by atoms with E-state index in [1.165, 1.54) is 25.3 Å². The SMILES string of the molecule is COc1cc(/C=C/c2nnc(-c3ccc(C(F)(F)F)cc3)o2)ccc1O. The predicted molar refractivity (Wildman–Crippen MR) is 88.3 cm³/mol. The number of methoxy groups -OCH3 is 1. The molecule has 0 saturated carbocycles. The monoisotopic (exact) mass is 362 g/mol. The molecule has 5 nitrogen and oxygen atoms in total. The molecule has 1 heterocycles. The van der Waals surface area contributed by atoms with Crippen LogP contribution in [0.2, 0.25) is 0 Å². The Bertz CT molecular complexity index is 932. The zero-order chi connectivity index (χ0) is 18.7. The molecule has 8 heteroatoms. The van der Waals surface area contributed by atoms with Crippen LogP contribution in [-0.2, 0) is 6.18 Å². The Morgan fingerprint density at radius 2 is 1.77 bits per heavy atom. The Balaban J connectivity index is 1.77. The summed E-state index contributed by atoms with van der Waals surface area (Å²) in [4.78, 5) is 0. The molecular weight excluding hydrogens is 349 g/mol. The Kier molecular flexibility index (Phi) is 4.66. The van der Waals surface area contributed by atoms with Crippen molar-refractivity contribution in [3.05, 3.63) is 59.5 Å². The highest BCUT2D eigenvalue weighted by molar-refractivity contribution is 5.68. The van der Waals surface area contributed by atoms with Crippen LogP contribution < -0.4 is 4.74 Å². The zero-order valence-electron chi connectivity index (χ0n) is 13.5. The largest absolute Gasteiger partial charge is 0.504 e. The van der Waals surface area contributed by atoms with Crippen molar-refractivity contribution >= 4 is 12.2 Å². The van der Waals surface area contributed by atoms with Gasteiger partial charge in [0.15, 0.2) is 11.5 Å². The van der Waals surface area contributed by atoms with Gasteiger partial charge in [0.1, 0.15) is 0 Å². The first-order valence-corrected chi connectivity index (χ1v) is 7.43. The topological polar surface area (TPSA) is 68.4 Å². The maximum atomic E-state index is 12.6. The summed E-state index contributed by atoms with van der Waals surface area (Å²) in [5.41, 5.74) is 0.368. The highest BCUT2D eigenvalue weighted by atomic mass is 19.4. The molecule has 0 aliphatic heterocycles. The molecule has 0 saturated heterocycles. The third-order valence-corrected chi connectivity index (χ3v) is 3.52. The van der Waals surface area contributed by atoms with Gasteiger partial charge in [-0.2, -0.15) is 13.2 Å². The fourth-order valence-electron chi connectivity index (χ4n) is 2.19. The van der Waals surface area contributed by atoms with Crippen molar-refractivity contribution in [2.24, 2.45) is 0 Å². The van der Waals surface area contributed by atoms with Crippen molar-refractivity contribution in [1.29, 1.82) is 0 Å². The number of ether oxygens (including phenoxy) is 1. The summed E-state index contributed by atoms with van der Waals surface area (Å²) in [5.74, 6) is 0.642. The average Bonchev–Trinajstić information content (AvgIpc) is 3.09. The van der Waals surface area contributed by atoms with Crippen molar-refractivity contribution in [2.75, 3.05) is 7.11 Å². The lowest BCUT2D eigenvalue weighted by molar-refractivity contribution is -0.137. The molecule has 26 heavy (non-hydrogen) atoms. The highest BCUT2D eigenvalue weighted by Gasteiger charge is 2.30. The predicted octanol–water partition coefficient (Wildman–Crippen LogP) is 4.64. The van der Waals surface area contributed by atoms with Gasteiger partial charge in [-0.15, -0.1) is 10.2 Å². The molecule has 134 valence electrons. The number of nitrogens with zero attached hydrogens (tertiary/aromatic N) is 2. The van der Waals surface area contributed by atoms with Gasteiger partial charge in [-0.3, -0.25) is 0 Å². The van der Waals surface area contributed by atoms with Crippen LogP contribution in [0.4, 0.5) is 13.2 Å². The minimum absolute atomic E-state index is 0.0204. The van der Waals surface area contributed by atoms with Gasteiger partial charge in [0, 0.05) is 11.6 Å². The number of alkyl halides is 3. The first-order valence-electron chi connectivity index (χ1n) is 7.43. The zero-order valence-corrected chi connectivity index (χ0v) is 13.5. The molecule has 0 aliphatic rings. The van der Waals surface area contributed by atoms with Gasteiger partial charge in [0.25, 0.3) is 0 Å². The molecule has 0 fully saturated rings. The maximum absolute atomic E-state index is 12.6. The average molecular weight is 362 g/mol. The van der Waals surface area contributed by atoms with Crippen molar-refractivity contribution in [3.63, 3.8) is 0 Å². The number of rotatable bonds is 4. The van der Waals surface area contributed by atoms with Crippen molar-refractivity contribution in [2.45, 2.75) is 6.18 Å². The van der Waals surface area contributed by atoms with E-state index in [9.17, 15) is 18.3 Å². The number of phenolic OH excluding ortho intramolecular Hbond substituents is 1. The molecule has 0 amide bonds. The van der Waals surface area contributed by atoms with Crippen LogP contribution in [0.3, 0.4) is 0 Å². The van der Waals surface area contributed by atoms with E-state index in [-0.39, 0.29) is 17.5 Å². The van der Waals surface area contributed by atoms with Gasteiger partial charge >= 0.3 is 6.18 Å². The summed E-state index contributed by atoms with van der Waals surface area (Å²) >= 11 is 0. The first-order chi connectivity index (χ1) is 12.4. The van der Waals surface area contributed by atoms with E-state index in [4.69, 9.17) is 9.15 Å². The summed E-state index contributed by atoms with van der Waals surface area (Å²) in [5, 5.41) is 17.2. The smallest absolute Gasteiger partial charge is 0.416 e. The molecule has 3 rings (SSSR count). The molecular formula is C18H13F3N2O3. The maximum Gasteiger partial charge on any atom is 0.416 e. The quantitative estimate of drug-likeness (QED) is 0.732. The number of hydrogen-bond donors (Lipinski definition) is 1. The molecule has 0 spiro atoms. The first kappa shape index (κ1) is 17.5. The Labute approximate surface area is 146 Å². The number of benzene rings is 2. The summed E-state index contributed by atoms with van der Waals surface area (Å²) < 4.78 is 48.2. The summed E-state index contributed by atoms with van der Waals surface area (Å²) in [6.07, 6.45) is -1.18. The van der Waals surface area contributed by atoms with E-state index < -0.39 is 11.7 Å².